The minimum atomic E-state index is 0.221. The Labute approximate surface area is 175 Å². The Morgan fingerprint density at radius 1 is 1.14 bits per heavy atom. The minimum absolute atomic E-state index is 0.221. The Hall–Kier alpha value is -2.40. The fraction of sp³-hybridized carbons (Fsp3) is 0.435. The Balaban J connectivity index is 1.43. The molecule has 2 fully saturated rings. The predicted molar refractivity (Wildman–Crippen MR) is 116 cm³/mol. The van der Waals surface area contributed by atoms with Crippen molar-refractivity contribution in [1.82, 2.24) is 14.5 Å². The van der Waals surface area contributed by atoms with E-state index in [0.29, 0.717) is 10.8 Å². The van der Waals surface area contributed by atoms with E-state index in [9.17, 15) is 4.79 Å². The topological polar surface area (TPSA) is 51.0 Å². The lowest BCUT2D eigenvalue weighted by Gasteiger charge is -2.44. The highest BCUT2D eigenvalue weighted by Crippen LogP contribution is 2.44. The second-order valence-corrected chi connectivity index (χ2v) is 8.97. The molecule has 0 atom stereocenters. The molecule has 1 aliphatic heterocycles. The lowest BCUT2D eigenvalue weighted by molar-refractivity contribution is -0.124. The van der Waals surface area contributed by atoms with Crippen molar-refractivity contribution in [3.8, 4) is 11.4 Å². The van der Waals surface area contributed by atoms with Crippen molar-refractivity contribution < 1.29 is 4.79 Å². The van der Waals surface area contributed by atoms with Gasteiger partial charge in [-0.25, -0.2) is 9.97 Å². The van der Waals surface area contributed by atoms with E-state index < -0.39 is 0 Å². The molecule has 1 saturated carbocycles. The van der Waals surface area contributed by atoms with Gasteiger partial charge in [-0.15, -0.1) is 0 Å². The molecule has 2 aromatic heterocycles. The lowest BCUT2D eigenvalue weighted by atomic mass is 9.67. The Kier molecular flexibility index (Phi) is 4.58. The van der Waals surface area contributed by atoms with Gasteiger partial charge < -0.3 is 9.47 Å². The number of pyridine rings is 1. The van der Waals surface area contributed by atoms with Gasteiger partial charge in [0, 0.05) is 44.7 Å². The molecule has 3 aromatic rings. The SMILES string of the molecule is Cn1c(-c2cc(N3CCC4(CCCC(=O)C4)CC3)ncc2Cl)nc2ccccc21. The van der Waals surface area contributed by atoms with E-state index in [1.807, 2.05) is 25.2 Å². The largest absolute Gasteiger partial charge is 0.357 e. The van der Waals surface area contributed by atoms with E-state index >= 15 is 0 Å². The molecular formula is C23H25ClN4O. The number of hydrogen-bond acceptors (Lipinski definition) is 4. The number of benzene rings is 1. The number of anilines is 1. The first-order valence-electron chi connectivity index (χ1n) is 10.4. The number of ketones is 1. The molecule has 150 valence electrons. The van der Waals surface area contributed by atoms with Crippen LogP contribution in [0, 0.1) is 5.41 Å². The summed E-state index contributed by atoms with van der Waals surface area (Å²) in [5.41, 5.74) is 3.17. The summed E-state index contributed by atoms with van der Waals surface area (Å²) in [4.78, 5) is 23.7. The van der Waals surface area contributed by atoms with Crippen LogP contribution in [0.3, 0.4) is 0 Å². The van der Waals surface area contributed by atoms with E-state index in [-0.39, 0.29) is 5.41 Å². The quantitative estimate of drug-likeness (QED) is 0.597. The van der Waals surface area contributed by atoms with Gasteiger partial charge in [0.1, 0.15) is 17.4 Å². The number of aromatic nitrogens is 3. The third-order valence-electron chi connectivity index (χ3n) is 6.75. The van der Waals surface area contributed by atoms with Crippen molar-refractivity contribution in [2.24, 2.45) is 12.5 Å². The summed E-state index contributed by atoms with van der Waals surface area (Å²) in [5.74, 6) is 2.23. The summed E-state index contributed by atoms with van der Waals surface area (Å²) in [5, 5.41) is 0.610. The van der Waals surface area contributed by atoms with Crippen molar-refractivity contribution >= 4 is 34.2 Å². The Morgan fingerprint density at radius 2 is 1.93 bits per heavy atom. The number of aryl methyl sites for hydroxylation is 1. The van der Waals surface area contributed by atoms with E-state index in [1.54, 1.807) is 6.20 Å². The molecule has 1 saturated heterocycles. The van der Waals surface area contributed by atoms with Gasteiger partial charge in [0.05, 0.1) is 16.1 Å². The highest BCUT2D eigenvalue weighted by Gasteiger charge is 2.38. The molecule has 6 heteroatoms. The standard InChI is InChI=1S/C23H25ClN4O/c1-27-20-7-3-2-6-19(20)26-22(27)17-13-21(25-15-18(17)24)28-11-9-23(10-12-28)8-4-5-16(29)14-23/h2-3,6-7,13,15H,4-5,8-12,14H2,1H3. The predicted octanol–water partition coefficient (Wildman–Crippen LogP) is 5.02. The molecule has 0 radical (unpaired) electrons. The van der Waals surface area contributed by atoms with Crippen LogP contribution < -0.4 is 4.90 Å². The first-order valence-corrected chi connectivity index (χ1v) is 10.8. The summed E-state index contributed by atoms with van der Waals surface area (Å²) in [6.45, 7) is 1.87. The number of piperidine rings is 1. The second-order valence-electron chi connectivity index (χ2n) is 8.56. The van der Waals surface area contributed by atoms with Gasteiger partial charge in [-0.2, -0.15) is 0 Å². The molecule has 5 nitrogen and oxygen atoms in total. The molecule has 1 aromatic carbocycles. The summed E-state index contributed by atoms with van der Waals surface area (Å²) < 4.78 is 2.08. The van der Waals surface area contributed by atoms with Crippen LogP contribution in [-0.2, 0) is 11.8 Å². The van der Waals surface area contributed by atoms with E-state index in [4.69, 9.17) is 16.6 Å². The minimum Gasteiger partial charge on any atom is -0.357 e. The molecule has 0 N–H and O–H groups in total. The van der Waals surface area contributed by atoms with Gasteiger partial charge >= 0.3 is 0 Å². The number of rotatable bonds is 2. The molecule has 1 aliphatic carbocycles. The van der Waals surface area contributed by atoms with Gasteiger partial charge in [0.25, 0.3) is 0 Å². The number of carbonyl (C=O) groups excluding carboxylic acids is 1. The van der Waals surface area contributed by atoms with Gasteiger partial charge in [0.15, 0.2) is 0 Å². The van der Waals surface area contributed by atoms with Gasteiger partial charge in [-0.1, -0.05) is 23.7 Å². The van der Waals surface area contributed by atoms with Gasteiger partial charge in [-0.05, 0) is 49.3 Å². The molecule has 1 spiro atoms. The van der Waals surface area contributed by atoms with Crippen molar-refractivity contribution in [3.63, 3.8) is 0 Å². The van der Waals surface area contributed by atoms with Crippen LogP contribution in [0.4, 0.5) is 5.82 Å². The Morgan fingerprint density at radius 3 is 2.69 bits per heavy atom. The van der Waals surface area contributed by atoms with Crippen LogP contribution in [0.5, 0.6) is 0 Å². The van der Waals surface area contributed by atoms with Gasteiger partial charge in [0.2, 0.25) is 0 Å². The number of nitrogens with zero attached hydrogens (tertiary/aromatic N) is 4. The monoisotopic (exact) mass is 408 g/mol. The number of para-hydroxylation sites is 2. The van der Waals surface area contributed by atoms with E-state index in [1.165, 1.54) is 6.42 Å². The zero-order chi connectivity index (χ0) is 20.0. The van der Waals surface area contributed by atoms with Crippen LogP contribution in [0.2, 0.25) is 5.02 Å². The number of halogens is 1. The van der Waals surface area contributed by atoms with Crippen LogP contribution in [0.15, 0.2) is 36.5 Å². The third-order valence-corrected chi connectivity index (χ3v) is 7.05. The highest BCUT2D eigenvalue weighted by atomic mass is 35.5. The first-order chi connectivity index (χ1) is 14.0. The third kappa shape index (κ3) is 3.31. The van der Waals surface area contributed by atoms with Crippen molar-refractivity contribution in [3.05, 3.63) is 41.6 Å². The van der Waals surface area contributed by atoms with Crippen molar-refractivity contribution in [2.75, 3.05) is 18.0 Å². The smallest absolute Gasteiger partial charge is 0.142 e. The number of hydrogen-bond donors (Lipinski definition) is 0. The van der Waals surface area contributed by atoms with Gasteiger partial charge in [-0.3, -0.25) is 4.79 Å². The molecule has 2 aliphatic rings. The fourth-order valence-electron chi connectivity index (χ4n) is 5.05. The van der Waals surface area contributed by atoms with E-state index in [2.05, 4.69) is 26.6 Å². The first kappa shape index (κ1) is 18.6. The maximum atomic E-state index is 12.0. The molecule has 3 heterocycles. The molecule has 0 unspecified atom stereocenters. The highest BCUT2D eigenvalue weighted by molar-refractivity contribution is 6.33. The van der Waals surface area contributed by atoms with Crippen molar-refractivity contribution in [2.45, 2.75) is 38.5 Å². The van der Waals surface area contributed by atoms with E-state index in [0.717, 1.165) is 73.4 Å². The molecule has 0 bridgehead atoms. The number of imidazole rings is 1. The number of fused-ring (bicyclic) bond motifs is 1. The molecule has 0 amide bonds. The summed E-state index contributed by atoms with van der Waals surface area (Å²) in [6, 6.07) is 10.2. The molecular weight excluding hydrogens is 384 g/mol. The van der Waals surface area contributed by atoms with Crippen molar-refractivity contribution in [1.29, 1.82) is 0 Å². The summed E-state index contributed by atoms with van der Waals surface area (Å²) in [6.07, 6.45) is 7.63. The normalized spacial score (nSPS) is 19.2. The lowest BCUT2D eigenvalue weighted by Crippen LogP contribution is -2.43. The molecule has 5 rings (SSSR count). The average Bonchev–Trinajstić information content (AvgIpc) is 3.06. The van der Waals surface area contributed by atoms with Crippen LogP contribution in [0.25, 0.3) is 22.4 Å². The zero-order valence-corrected chi connectivity index (χ0v) is 17.5. The maximum Gasteiger partial charge on any atom is 0.142 e. The van der Waals surface area contributed by atoms with Crippen LogP contribution in [0.1, 0.15) is 38.5 Å². The van der Waals surface area contributed by atoms with Crippen LogP contribution in [-0.4, -0.2) is 33.4 Å². The number of Topliss-reactive ketones (excluding diaryl/α,β-unsaturated/α-hetero) is 1. The summed E-state index contributed by atoms with van der Waals surface area (Å²) >= 11 is 6.53. The Bertz CT molecular complexity index is 1080. The fourth-order valence-corrected chi connectivity index (χ4v) is 5.24. The number of carbonyl (C=O) groups is 1. The second kappa shape index (κ2) is 7.13. The molecule has 29 heavy (non-hydrogen) atoms. The maximum absolute atomic E-state index is 12.0. The summed E-state index contributed by atoms with van der Waals surface area (Å²) in [7, 11) is 2.02. The average molecular weight is 409 g/mol. The van der Waals surface area contributed by atoms with Crippen LogP contribution >= 0.6 is 11.6 Å². The zero-order valence-electron chi connectivity index (χ0n) is 16.7.